The molecule has 0 unspecified atom stereocenters. The molecule has 0 atom stereocenters. The highest BCUT2D eigenvalue weighted by atomic mass is 32.1. The number of nitrogens with zero attached hydrogens (tertiary/aromatic N) is 3. The first-order valence-corrected chi connectivity index (χ1v) is 7.78. The molecule has 0 bridgehead atoms. The van der Waals surface area contributed by atoms with Gasteiger partial charge >= 0.3 is 5.97 Å². The third kappa shape index (κ3) is 4.82. The van der Waals surface area contributed by atoms with Gasteiger partial charge in [0.05, 0.1) is 31.0 Å². The van der Waals surface area contributed by atoms with E-state index in [4.69, 9.17) is 4.74 Å². The van der Waals surface area contributed by atoms with E-state index in [0.29, 0.717) is 26.0 Å². The number of carbonyl (C=O) groups is 1. The molecule has 0 saturated carbocycles. The van der Waals surface area contributed by atoms with Crippen LogP contribution >= 0.6 is 11.3 Å². The number of ether oxygens (including phenoxy) is 1. The first-order valence-electron chi connectivity index (χ1n) is 6.90. The highest BCUT2D eigenvalue weighted by Crippen LogP contribution is 2.21. The lowest BCUT2D eigenvalue weighted by Crippen LogP contribution is -2.17. The van der Waals surface area contributed by atoms with Crippen LogP contribution in [0.2, 0.25) is 0 Å². The first-order chi connectivity index (χ1) is 10.2. The van der Waals surface area contributed by atoms with Crippen molar-refractivity contribution in [3.8, 4) is 0 Å². The Morgan fingerprint density at radius 1 is 1.38 bits per heavy atom. The number of rotatable bonds is 7. The molecule has 0 fully saturated rings. The van der Waals surface area contributed by atoms with E-state index in [2.05, 4.69) is 14.9 Å². The summed E-state index contributed by atoms with van der Waals surface area (Å²) in [5, 5.41) is 2.92. The summed E-state index contributed by atoms with van der Waals surface area (Å²) < 4.78 is 4.91. The number of aryl methyl sites for hydroxylation is 1. The van der Waals surface area contributed by atoms with Crippen LogP contribution < -0.4 is 4.90 Å². The van der Waals surface area contributed by atoms with Crippen LogP contribution in [-0.2, 0) is 22.5 Å². The molecule has 0 N–H and O–H groups in total. The maximum absolute atomic E-state index is 11.3. The second-order valence-electron chi connectivity index (χ2n) is 4.60. The second kappa shape index (κ2) is 7.73. The molecule has 2 aromatic heterocycles. The highest BCUT2D eigenvalue weighted by molar-refractivity contribution is 7.13. The minimum Gasteiger partial charge on any atom is -0.466 e. The highest BCUT2D eigenvalue weighted by Gasteiger charge is 2.10. The summed E-state index contributed by atoms with van der Waals surface area (Å²) in [6, 6.07) is 5.87. The number of thiazole rings is 1. The van der Waals surface area contributed by atoms with Gasteiger partial charge in [-0.1, -0.05) is 6.07 Å². The van der Waals surface area contributed by atoms with Gasteiger partial charge in [0.2, 0.25) is 0 Å². The minimum absolute atomic E-state index is 0.172. The van der Waals surface area contributed by atoms with Crippen molar-refractivity contribution in [1.82, 2.24) is 9.97 Å². The minimum atomic E-state index is -0.172. The van der Waals surface area contributed by atoms with Gasteiger partial charge in [-0.15, -0.1) is 11.3 Å². The van der Waals surface area contributed by atoms with E-state index in [9.17, 15) is 4.79 Å². The summed E-state index contributed by atoms with van der Waals surface area (Å²) in [5.41, 5.74) is 1.93. The zero-order chi connectivity index (χ0) is 15.1. The first kappa shape index (κ1) is 15.4. The average Bonchev–Trinajstić information content (AvgIpc) is 2.95. The third-order valence-corrected chi connectivity index (χ3v) is 3.89. The molecule has 2 heterocycles. The Hall–Kier alpha value is -1.95. The van der Waals surface area contributed by atoms with E-state index in [-0.39, 0.29) is 5.97 Å². The Morgan fingerprint density at radius 2 is 2.24 bits per heavy atom. The Bertz CT molecular complexity index is 571. The molecule has 112 valence electrons. The molecule has 0 saturated heterocycles. The topological polar surface area (TPSA) is 55.3 Å². The summed E-state index contributed by atoms with van der Waals surface area (Å²) in [4.78, 5) is 22.2. The predicted molar refractivity (Wildman–Crippen MR) is 83.4 cm³/mol. The van der Waals surface area contributed by atoms with Crippen LogP contribution in [0.4, 0.5) is 5.13 Å². The van der Waals surface area contributed by atoms with Crippen molar-refractivity contribution in [1.29, 1.82) is 0 Å². The molecule has 2 rings (SSSR count). The second-order valence-corrected chi connectivity index (χ2v) is 5.44. The number of aromatic nitrogens is 2. The number of hydrogen-bond acceptors (Lipinski definition) is 6. The molecular weight excluding hydrogens is 286 g/mol. The van der Waals surface area contributed by atoms with Crippen LogP contribution in [-0.4, -0.2) is 29.6 Å². The fraction of sp³-hybridized carbons (Fsp3) is 0.400. The van der Waals surface area contributed by atoms with Gasteiger partial charge < -0.3 is 9.64 Å². The van der Waals surface area contributed by atoms with Gasteiger partial charge in [0.15, 0.2) is 5.13 Å². The largest absolute Gasteiger partial charge is 0.466 e. The molecule has 21 heavy (non-hydrogen) atoms. The maximum atomic E-state index is 11.3. The summed E-state index contributed by atoms with van der Waals surface area (Å²) in [7, 11) is 1.99. The summed E-state index contributed by atoms with van der Waals surface area (Å²) in [5.74, 6) is -0.172. The van der Waals surface area contributed by atoms with Crippen molar-refractivity contribution in [3.05, 3.63) is 41.2 Å². The van der Waals surface area contributed by atoms with Gasteiger partial charge in [0, 0.05) is 25.0 Å². The summed E-state index contributed by atoms with van der Waals surface area (Å²) in [6.45, 7) is 2.95. The van der Waals surface area contributed by atoms with Gasteiger partial charge in [0.1, 0.15) is 0 Å². The number of pyridine rings is 1. The van der Waals surface area contributed by atoms with Crippen molar-refractivity contribution in [2.45, 2.75) is 26.3 Å². The van der Waals surface area contributed by atoms with Crippen molar-refractivity contribution in [2.24, 2.45) is 0 Å². The zero-order valence-corrected chi connectivity index (χ0v) is 13.1. The van der Waals surface area contributed by atoms with E-state index >= 15 is 0 Å². The van der Waals surface area contributed by atoms with Crippen LogP contribution in [0, 0.1) is 0 Å². The SMILES string of the molecule is CCOC(=O)CCc1csc(N(C)Cc2ccccn2)n1. The Balaban J connectivity index is 1.88. The Morgan fingerprint density at radius 3 is 2.95 bits per heavy atom. The zero-order valence-electron chi connectivity index (χ0n) is 12.3. The van der Waals surface area contributed by atoms with Crippen molar-refractivity contribution in [2.75, 3.05) is 18.6 Å². The quantitative estimate of drug-likeness (QED) is 0.736. The van der Waals surface area contributed by atoms with Crippen LogP contribution in [0.5, 0.6) is 0 Å². The van der Waals surface area contributed by atoms with Crippen LogP contribution in [0.3, 0.4) is 0 Å². The number of hydrogen-bond donors (Lipinski definition) is 0. The monoisotopic (exact) mass is 305 g/mol. The van der Waals surface area contributed by atoms with Crippen molar-refractivity contribution >= 4 is 22.4 Å². The van der Waals surface area contributed by atoms with E-state index in [0.717, 1.165) is 16.5 Å². The predicted octanol–water partition coefficient (Wildman–Crippen LogP) is 2.67. The van der Waals surface area contributed by atoms with Gasteiger partial charge in [-0.2, -0.15) is 0 Å². The smallest absolute Gasteiger partial charge is 0.306 e. The Kier molecular flexibility index (Phi) is 5.68. The lowest BCUT2D eigenvalue weighted by atomic mass is 10.2. The molecule has 0 aromatic carbocycles. The lowest BCUT2D eigenvalue weighted by molar-refractivity contribution is -0.143. The molecule has 0 aliphatic rings. The van der Waals surface area contributed by atoms with Crippen LogP contribution in [0.25, 0.3) is 0 Å². The van der Waals surface area contributed by atoms with Crippen LogP contribution in [0.1, 0.15) is 24.7 Å². The molecule has 6 heteroatoms. The summed E-state index contributed by atoms with van der Waals surface area (Å²) >= 11 is 1.58. The molecule has 0 radical (unpaired) electrons. The van der Waals surface area contributed by atoms with Gasteiger partial charge in [-0.3, -0.25) is 9.78 Å². The van der Waals surface area contributed by atoms with Crippen molar-refractivity contribution in [3.63, 3.8) is 0 Å². The van der Waals surface area contributed by atoms with Crippen molar-refractivity contribution < 1.29 is 9.53 Å². The standard InChI is InChI=1S/C15H19N3O2S/c1-3-20-14(19)8-7-13-11-21-15(17-13)18(2)10-12-6-4-5-9-16-12/h4-6,9,11H,3,7-8,10H2,1-2H3. The van der Waals surface area contributed by atoms with Gasteiger partial charge in [0.25, 0.3) is 0 Å². The van der Waals surface area contributed by atoms with E-state index in [1.807, 2.05) is 37.6 Å². The molecule has 0 aliphatic carbocycles. The number of esters is 1. The van der Waals surface area contributed by atoms with E-state index in [1.54, 1.807) is 17.5 Å². The number of carbonyl (C=O) groups excluding carboxylic acids is 1. The normalized spacial score (nSPS) is 10.4. The Labute approximate surface area is 128 Å². The maximum Gasteiger partial charge on any atom is 0.306 e. The molecule has 0 amide bonds. The molecule has 0 aliphatic heterocycles. The van der Waals surface area contributed by atoms with Crippen LogP contribution in [0.15, 0.2) is 29.8 Å². The molecule has 2 aromatic rings. The van der Waals surface area contributed by atoms with E-state index < -0.39 is 0 Å². The van der Waals surface area contributed by atoms with E-state index in [1.165, 1.54) is 0 Å². The fourth-order valence-corrected chi connectivity index (χ4v) is 2.68. The average molecular weight is 305 g/mol. The van der Waals surface area contributed by atoms with Gasteiger partial charge in [-0.05, 0) is 19.1 Å². The lowest BCUT2D eigenvalue weighted by Gasteiger charge is -2.14. The van der Waals surface area contributed by atoms with Gasteiger partial charge in [-0.25, -0.2) is 4.98 Å². The number of anilines is 1. The summed E-state index contributed by atoms with van der Waals surface area (Å²) in [6.07, 6.45) is 2.78. The third-order valence-electron chi connectivity index (χ3n) is 2.88. The molecule has 0 spiro atoms. The molecule has 5 nitrogen and oxygen atoms in total. The fourth-order valence-electron chi connectivity index (χ4n) is 1.85. The molecular formula is C15H19N3O2S.